The molecule has 3 heterocycles. The number of nitrogens with zero attached hydrogens (tertiary/aromatic N) is 4. The van der Waals surface area contributed by atoms with Gasteiger partial charge in [0.05, 0.1) is 0 Å². The minimum atomic E-state index is -0.112. The summed E-state index contributed by atoms with van der Waals surface area (Å²) in [5, 5.41) is 0. The van der Waals surface area contributed by atoms with E-state index in [2.05, 4.69) is 136 Å². The van der Waals surface area contributed by atoms with E-state index in [0.29, 0.717) is 11.5 Å². The fraction of sp³-hybridized carbons (Fsp3) is 0.294. The van der Waals surface area contributed by atoms with Crippen molar-refractivity contribution in [2.24, 2.45) is 7.05 Å². The molecule has 0 unspecified atom stereocenters. The quantitative estimate of drug-likeness (QED) is 0.178. The number of rotatable bonds is 4. The zero-order valence-electron chi connectivity index (χ0n) is 23.9. The van der Waals surface area contributed by atoms with Crippen LogP contribution in [-0.2, 0) is 38.2 Å². The Balaban J connectivity index is 1.38. The molecule has 1 aliphatic heterocycles. The van der Waals surface area contributed by atoms with E-state index in [1.807, 2.05) is 24.4 Å². The van der Waals surface area contributed by atoms with Gasteiger partial charge in [-0.3, -0.25) is 0 Å². The van der Waals surface area contributed by atoms with E-state index in [0.717, 1.165) is 39.4 Å². The van der Waals surface area contributed by atoms with Crippen LogP contribution in [0, 0.1) is 15.9 Å². The second kappa shape index (κ2) is 9.89. The Morgan fingerprint density at radius 1 is 0.925 bits per heavy atom. The third-order valence-electron chi connectivity index (χ3n) is 7.78. The molecule has 6 rings (SSSR count). The summed E-state index contributed by atoms with van der Waals surface area (Å²) in [7, 11) is 2.09. The number of anilines is 2. The van der Waals surface area contributed by atoms with Crippen molar-refractivity contribution in [2.45, 2.75) is 58.4 Å². The maximum absolute atomic E-state index is 6.42. The Morgan fingerprint density at radius 2 is 1.68 bits per heavy atom. The molecule has 0 fully saturated rings. The van der Waals surface area contributed by atoms with Crippen molar-refractivity contribution in [3.8, 4) is 17.2 Å². The predicted octanol–water partition coefficient (Wildman–Crippen LogP) is 8.00. The first-order valence-electron chi connectivity index (χ1n) is 13.7. The van der Waals surface area contributed by atoms with E-state index < -0.39 is 0 Å². The van der Waals surface area contributed by atoms with Gasteiger partial charge in [-0.2, -0.15) is 0 Å². The van der Waals surface area contributed by atoms with Crippen molar-refractivity contribution in [1.82, 2.24) is 14.1 Å². The van der Waals surface area contributed by atoms with Gasteiger partial charge in [0, 0.05) is 6.20 Å². The Hall–Kier alpha value is -3.43. The molecule has 0 radical (unpaired) electrons. The van der Waals surface area contributed by atoms with E-state index in [9.17, 15) is 0 Å². The van der Waals surface area contributed by atoms with E-state index in [1.165, 1.54) is 16.6 Å². The summed E-state index contributed by atoms with van der Waals surface area (Å²) in [6, 6.07) is 30.1. The molecule has 2 aromatic heterocycles. The zero-order valence-corrected chi connectivity index (χ0v) is 26.1. The molecule has 5 nitrogen and oxygen atoms in total. The molecule has 0 atom stereocenters. The fourth-order valence-electron chi connectivity index (χ4n) is 5.48. The molecule has 40 heavy (non-hydrogen) atoms. The third-order valence-corrected chi connectivity index (χ3v) is 9.05. The van der Waals surface area contributed by atoms with Gasteiger partial charge in [0.25, 0.3) is 0 Å². The van der Waals surface area contributed by atoms with E-state index >= 15 is 0 Å². The van der Waals surface area contributed by atoms with Crippen LogP contribution in [0.3, 0.4) is 0 Å². The van der Waals surface area contributed by atoms with Gasteiger partial charge in [0.15, 0.2) is 0 Å². The first-order chi connectivity index (χ1) is 19.0. The van der Waals surface area contributed by atoms with Gasteiger partial charge in [0.1, 0.15) is 0 Å². The zero-order chi connectivity index (χ0) is 28.2. The molecule has 0 bridgehead atoms. The van der Waals surface area contributed by atoms with Gasteiger partial charge in [-0.25, -0.2) is 0 Å². The van der Waals surface area contributed by atoms with Crippen molar-refractivity contribution in [3.63, 3.8) is 0 Å². The number of fused-ring (bicyclic) bond motifs is 2. The molecule has 208 valence electrons. The summed E-state index contributed by atoms with van der Waals surface area (Å²) >= 11 is 2.37. The van der Waals surface area contributed by atoms with Crippen LogP contribution in [0.25, 0.3) is 16.7 Å². The normalized spacial score (nSPS) is 14.8. The second-order valence-electron chi connectivity index (χ2n) is 12.1. The van der Waals surface area contributed by atoms with Gasteiger partial charge in [-0.1, -0.05) is 20.8 Å². The molecular formula is C34H34N4OPt-2. The third kappa shape index (κ3) is 4.75. The summed E-state index contributed by atoms with van der Waals surface area (Å²) in [5.74, 6) is 2.27. The monoisotopic (exact) mass is 709 g/mol. The Labute approximate surface area is 247 Å². The Bertz CT molecular complexity index is 1790. The van der Waals surface area contributed by atoms with E-state index in [1.54, 1.807) is 0 Å². The first-order valence-corrected chi connectivity index (χ1v) is 14.8. The van der Waals surface area contributed by atoms with Crippen LogP contribution in [0.1, 0.15) is 52.2 Å². The van der Waals surface area contributed by atoms with Crippen molar-refractivity contribution in [1.29, 1.82) is 0 Å². The summed E-state index contributed by atoms with van der Waals surface area (Å²) < 4.78 is 11.9. The van der Waals surface area contributed by atoms with Crippen LogP contribution >= 0.6 is 0 Å². The number of hydrogen-bond acceptors (Lipinski definition) is 3. The maximum atomic E-state index is 6.42. The molecule has 6 heteroatoms. The molecule has 0 aliphatic carbocycles. The fourth-order valence-corrected chi connectivity index (χ4v) is 6.30. The Morgan fingerprint density at radius 3 is 2.45 bits per heavy atom. The molecule has 0 N–H and O–H groups in total. The van der Waals surface area contributed by atoms with Crippen molar-refractivity contribution >= 4 is 22.5 Å². The average Bonchev–Trinajstić information content (AvgIpc) is 3.17. The topological polar surface area (TPSA) is 35.2 Å². The van der Waals surface area contributed by atoms with Gasteiger partial charge in [-0.15, -0.1) is 0 Å². The molecule has 0 amide bonds. The molecular weight excluding hydrogens is 675 g/mol. The van der Waals surface area contributed by atoms with Crippen LogP contribution in [0.4, 0.5) is 11.5 Å². The van der Waals surface area contributed by atoms with Crippen LogP contribution < -0.4 is 9.64 Å². The van der Waals surface area contributed by atoms with Crippen molar-refractivity contribution in [3.05, 3.63) is 100.0 Å². The van der Waals surface area contributed by atoms with Gasteiger partial charge < -0.3 is 0 Å². The molecule has 3 aromatic carbocycles. The molecule has 5 aromatic rings. The van der Waals surface area contributed by atoms with E-state index in [4.69, 9.17) is 9.72 Å². The summed E-state index contributed by atoms with van der Waals surface area (Å²) in [6.07, 6.45) is 3.95. The van der Waals surface area contributed by atoms with Gasteiger partial charge >= 0.3 is 204 Å². The number of benzene rings is 3. The molecule has 1 aliphatic rings. The van der Waals surface area contributed by atoms with Crippen LogP contribution in [0.15, 0.2) is 72.9 Å². The number of hydrogen-bond donors (Lipinski definition) is 0. The van der Waals surface area contributed by atoms with Crippen LogP contribution in [0.2, 0.25) is 0 Å². The Kier molecular flexibility index (Phi) is 6.62. The summed E-state index contributed by atoms with van der Waals surface area (Å²) in [6.45, 7) is 11.3. The van der Waals surface area contributed by atoms with Crippen molar-refractivity contribution < 1.29 is 24.1 Å². The minimum absolute atomic E-state index is 0.0376. The van der Waals surface area contributed by atoms with Crippen molar-refractivity contribution in [2.75, 3.05) is 4.90 Å². The number of pyridine rings is 1. The molecule has 0 saturated carbocycles. The molecule has 0 saturated heterocycles. The average molecular weight is 710 g/mol. The number of aromatic nitrogens is 3. The predicted molar refractivity (Wildman–Crippen MR) is 157 cm³/mol. The van der Waals surface area contributed by atoms with Gasteiger partial charge in [0.2, 0.25) is 0 Å². The SMILES string of the molecule is Cn1[c](=[Pt])n(-c2[c-]c(Oc3[c-]c4c(cc3)CCC(C)(C)N4c3cc(C(C)(C)C)ccn3)ccc2)c2ccccc21. The number of aryl methyl sites for hydroxylation is 2. The van der Waals surface area contributed by atoms with Gasteiger partial charge in [-0.05, 0) is 17.0 Å². The summed E-state index contributed by atoms with van der Waals surface area (Å²) in [5.41, 5.74) is 6.71. The number of imidazole rings is 1. The number of ether oxygens (including phenoxy) is 1. The number of para-hydroxylation sites is 2. The van der Waals surface area contributed by atoms with Crippen LogP contribution in [-0.4, -0.2) is 19.7 Å². The summed E-state index contributed by atoms with van der Waals surface area (Å²) in [4.78, 5) is 7.15. The molecule has 0 spiro atoms. The standard InChI is InChI=1S/C34H34N4O.Pt/c1-33(2,3)25-17-19-35-32(20-25)38-31-22-28(15-14-24(31)16-18-34(38,4)5)39-27-11-9-10-26(21-27)37-23-36(6)29-12-7-8-13-30(29)37;/h7-15,17,19-20H,16,18H2,1-6H3;/q-2;. The second-order valence-corrected chi connectivity index (χ2v) is 13.1. The van der Waals surface area contributed by atoms with Crippen LogP contribution in [0.5, 0.6) is 11.5 Å². The van der Waals surface area contributed by atoms with E-state index in [-0.39, 0.29) is 11.0 Å². The first kappa shape index (κ1) is 26.8.